The van der Waals surface area contributed by atoms with Crippen LogP contribution in [0.5, 0.6) is 0 Å². The van der Waals surface area contributed by atoms with Crippen LogP contribution >= 0.6 is 11.6 Å². The minimum Gasteiger partial charge on any atom is -0.348 e. The number of halogens is 1. The van der Waals surface area contributed by atoms with Gasteiger partial charge in [0.05, 0.1) is 23.2 Å². The first-order chi connectivity index (χ1) is 13.2. The molecule has 0 bridgehead atoms. The Morgan fingerprint density at radius 2 is 2.19 bits per heavy atom. The van der Waals surface area contributed by atoms with Crippen LogP contribution in [0.15, 0.2) is 48.9 Å². The fourth-order valence-electron chi connectivity index (χ4n) is 3.60. The molecule has 27 heavy (non-hydrogen) atoms. The molecule has 0 amide bonds. The highest BCUT2D eigenvalue weighted by molar-refractivity contribution is 6.30. The Bertz CT molecular complexity index is 1150. The predicted molar refractivity (Wildman–Crippen MR) is 101 cm³/mol. The van der Waals surface area contributed by atoms with Crippen molar-refractivity contribution < 1.29 is 0 Å². The topological polar surface area (TPSA) is 85.9 Å². The van der Waals surface area contributed by atoms with E-state index >= 15 is 0 Å². The molecule has 0 saturated heterocycles. The molecule has 5 rings (SSSR count). The number of aromatic amines is 1. The van der Waals surface area contributed by atoms with Crippen molar-refractivity contribution in [2.45, 2.75) is 12.5 Å². The van der Waals surface area contributed by atoms with Crippen LogP contribution < -0.4 is 4.90 Å². The fourth-order valence-corrected chi connectivity index (χ4v) is 3.80. The number of anilines is 1. The van der Waals surface area contributed by atoms with Gasteiger partial charge in [-0.2, -0.15) is 10.4 Å². The van der Waals surface area contributed by atoms with E-state index in [1.165, 1.54) is 0 Å². The highest BCUT2D eigenvalue weighted by atomic mass is 35.5. The Kier molecular flexibility index (Phi) is 3.59. The van der Waals surface area contributed by atoms with Gasteiger partial charge in [0.25, 0.3) is 0 Å². The van der Waals surface area contributed by atoms with Crippen LogP contribution in [0.1, 0.15) is 28.8 Å². The lowest BCUT2D eigenvalue weighted by molar-refractivity contribution is 0.610. The molecule has 1 N–H and O–H groups in total. The van der Waals surface area contributed by atoms with Crippen molar-refractivity contribution in [3.8, 4) is 6.07 Å². The van der Waals surface area contributed by atoms with Crippen molar-refractivity contribution in [3.05, 3.63) is 76.7 Å². The third-order valence-corrected chi connectivity index (χ3v) is 5.00. The molecule has 7 nitrogen and oxygen atoms in total. The Balaban J connectivity index is 1.68. The SMILES string of the molecule is N#Cc1cc(Cl)cc(N2CCc3[nH]cnc3[C@@H]2c2cc3ccccn3n2)n1. The van der Waals surface area contributed by atoms with Gasteiger partial charge in [-0.05, 0) is 30.3 Å². The van der Waals surface area contributed by atoms with Crippen molar-refractivity contribution in [3.63, 3.8) is 0 Å². The summed E-state index contributed by atoms with van der Waals surface area (Å²) in [5, 5.41) is 14.5. The summed E-state index contributed by atoms with van der Waals surface area (Å²) in [7, 11) is 0. The zero-order valence-electron chi connectivity index (χ0n) is 14.2. The molecule has 0 aromatic carbocycles. The molecule has 0 spiro atoms. The van der Waals surface area contributed by atoms with Gasteiger partial charge >= 0.3 is 0 Å². The number of rotatable bonds is 2. The molecule has 0 unspecified atom stereocenters. The van der Waals surface area contributed by atoms with E-state index in [0.717, 1.165) is 29.0 Å². The lowest BCUT2D eigenvalue weighted by Crippen LogP contribution is -2.37. The molecule has 0 saturated carbocycles. The highest BCUT2D eigenvalue weighted by Crippen LogP contribution is 2.36. The smallest absolute Gasteiger partial charge is 0.144 e. The standard InChI is InChI=1S/C19H14ClN7/c20-12-7-13(10-21)24-17(8-12)26-6-4-15-18(23-11-22-15)19(26)16-9-14-3-1-2-5-27(14)25-16/h1-3,5,7-9,11,19H,4,6H2,(H,22,23)/t19-/m0/s1. The summed E-state index contributed by atoms with van der Waals surface area (Å²) in [6, 6.07) is 13.2. The largest absolute Gasteiger partial charge is 0.348 e. The molecule has 0 radical (unpaired) electrons. The number of H-pyrrole nitrogens is 1. The maximum atomic E-state index is 9.27. The van der Waals surface area contributed by atoms with E-state index in [0.29, 0.717) is 23.1 Å². The number of nitriles is 1. The minimum absolute atomic E-state index is 0.211. The molecule has 1 aliphatic heterocycles. The summed E-state index contributed by atoms with van der Waals surface area (Å²) in [6.07, 6.45) is 4.43. The third kappa shape index (κ3) is 2.62. The van der Waals surface area contributed by atoms with Crippen LogP contribution in [0.2, 0.25) is 5.02 Å². The van der Waals surface area contributed by atoms with E-state index in [9.17, 15) is 5.26 Å². The van der Waals surface area contributed by atoms with Gasteiger partial charge in [-0.3, -0.25) is 0 Å². The van der Waals surface area contributed by atoms with Gasteiger partial charge in [0, 0.05) is 29.9 Å². The number of nitrogens with zero attached hydrogens (tertiary/aromatic N) is 6. The second-order valence-electron chi connectivity index (χ2n) is 6.39. The first-order valence-corrected chi connectivity index (χ1v) is 8.91. The van der Waals surface area contributed by atoms with Gasteiger partial charge in [-0.25, -0.2) is 14.5 Å². The number of aromatic nitrogens is 5. The van der Waals surface area contributed by atoms with Gasteiger partial charge in [-0.15, -0.1) is 0 Å². The summed E-state index contributed by atoms with van der Waals surface area (Å²) >= 11 is 6.23. The maximum absolute atomic E-state index is 9.27. The van der Waals surface area contributed by atoms with Crippen molar-refractivity contribution in [2.24, 2.45) is 0 Å². The van der Waals surface area contributed by atoms with Crippen molar-refractivity contribution in [2.75, 3.05) is 11.4 Å². The van der Waals surface area contributed by atoms with E-state index in [1.54, 1.807) is 18.5 Å². The molecule has 0 fully saturated rings. The number of imidazole rings is 1. The van der Waals surface area contributed by atoms with E-state index in [-0.39, 0.29) is 6.04 Å². The average Bonchev–Trinajstić information content (AvgIpc) is 3.33. The van der Waals surface area contributed by atoms with Gasteiger partial charge < -0.3 is 9.88 Å². The molecule has 4 aromatic heterocycles. The zero-order valence-corrected chi connectivity index (χ0v) is 14.9. The highest BCUT2D eigenvalue weighted by Gasteiger charge is 2.34. The van der Waals surface area contributed by atoms with E-state index in [1.807, 2.05) is 28.9 Å². The van der Waals surface area contributed by atoms with Crippen molar-refractivity contribution in [1.82, 2.24) is 24.6 Å². The number of pyridine rings is 2. The number of hydrogen-bond acceptors (Lipinski definition) is 5. The zero-order chi connectivity index (χ0) is 18.4. The monoisotopic (exact) mass is 375 g/mol. The van der Waals surface area contributed by atoms with Crippen molar-refractivity contribution in [1.29, 1.82) is 5.26 Å². The molecule has 4 aromatic rings. The Morgan fingerprint density at radius 3 is 3.04 bits per heavy atom. The summed E-state index contributed by atoms with van der Waals surface area (Å²) in [5.41, 5.74) is 4.18. The van der Waals surface area contributed by atoms with Crippen LogP contribution in [-0.4, -0.2) is 31.1 Å². The predicted octanol–water partition coefficient (Wildman–Crippen LogP) is 3.13. The quantitative estimate of drug-likeness (QED) is 0.581. The number of nitrogens with one attached hydrogen (secondary N) is 1. The first kappa shape index (κ1) is 15.9. The second kappa shape index (κ2) is 6.11. The van der Waals surface area contributed by atoms with Crippen LogP contribution in [-0.2, 0) is 6.42 Å². The third-order valence-electron chi connectivity index (χ3n) is 4.78. The van der Waals surface area contributed by atoms with Gasteiger partial charge in [0.2, 0.25) is 0 Å². The molecule has 5 heterocycles. The Hall–Kier alpha value is -3.37. The van der Waals surface area contributed by atoms with Crippen LogP contribution in [0.4, 0.5) is 5.82 Å². The normalized spacial score (nSPS) is 16.3. The average molecular weight is 376 g/mol. The minimum atomic E-state index is -0.211. The molecule has 1 atom stereocenters. The fraction of sp³-hybridized carbons (Fsp3) is 0.158. The first-order valence-electron chi connectivity index (χ1n) is 8.54. The number of fused-ring (bicyclic) bond motifs is 2. The maximum Gasteiger partial charge on any atom is 0.144 e. The summed E-state index contributed by atoms with van der Waals surface area (Å²) < 4.78 is 1.85. The summed E-state index contributed by atoms with van der Waals surface area (Å²) in [6.45, 7) is 0.714. The van der Waals surface area contributed by atoms with E-state index in [4.69, 9.17) is 16.7 Å². The van der Waals surface area contributed by atoms with Crippen molar-refractivity contribution >= 4 is 22.9 Å². The second-order valence-corrected chi connectivity index (χ2v) is 6.83. The molecule has 8 heteroatoms. The molecular weight excluding hydrogens is 362 g/mol. The van der Waals surface area contributed by atoms with Gasteiger partial charge in [0.1, 0.15) is 23.6 Å². The lowest BCUT2D eigenvalue weighted by atomic mass is 9.99. The Labute approximate surface area is 159 Å². The summed E-state index contributed by atoms with van der Waals surface area (Å²) in [4.78, 5) is 14.4. The lowest BCUT2D eigenvalue weighted by Gasteiger charge is -2.35. The summed E-state index contributed by atoms with van der Waals surface area (Å²) in [5.74, 6) is 0.648. The number of hydrogen-bond donors (Lipinski definition) is 1. The van der Waals surface area contributed by atoms with Crippen LogP contribution in [0, 0.1) is 11.3 Å². The van der Waals surface area contributed by atoms with Gasteiger partial charge in [-0.1, -0.05) is 17.7 Å². The molecule has 132 valence electrons. The molecule has 1 aliphatic rings. The van der Waals surface area contributed by atoms with Crippen LogP contribution in [0.3, 0.4) is 0 Å². The van der Waals surface area contributed by atoms with Gasteiger partial charge in [0.15, 0.2) is 0 Å². The van der Waals surface area contributed by atoms with Crippen LogP contribution in [0.25, 0.3) is 5.52 Å². The Morgan fingerprint density at radius 1 is 1.26 bits per heavy atom. The molecular formula is C19H14ClN7. The van der Waals surface area contributed by atoms with E-state index < -0.39 is 0 Å². The van der Waals surface area contributed by atoms with E-state index in [2.05, 4.69) is 32.0 Å². The molecule has 0 aliphatic carbocycles.